The molecule has 0 saturated carbocycles. The van der Waals surface area contributed by atoms with Crippen molar-refractivity contribution in [1.82, 2.24) is 10.2 Å². The van der Waals surface area contributed by atoms with Crippen molar-refractivity contribution in [3.05, 3.63) is 65.7 Å². The van der Waals surface area contributed by atoms with E-state index in [1.165, 1.54) is 0 Å². The molecule has 27 heavy (non-hydrogen) atoms. The number of nitrogens with zero attached hydrogens (tertiary/aromatic N) is 1. The Morgan fingerprint density at radius 2 is 1.85 bits per heavy atom. The molecule has 4 nitrogen and oxygen atoms in total. The second kappa shape index (κ2) is 11.0. The first-order valence-corrected chi connectivity index (χ1v) is 9.56. The van der Waals surface area contributed by atoms with Gasteiger partial charge >= 0.3 is 0 Å². The van der Waals surface area contributed by atoms with Crippen molar-refractivity contribution in [3.63, 3.8) is 0 Å². The van der Waals surface area contributed by atoms with Gasteiger partial charge in [-0.25, -0.2) is 0 Å². The Hall–Kier alpha value is -2.04. The molecule has 146 valence electrons. The maximum atomic E-state index is 13.1. The molecule has 1 fully saturated rings. The van der Waals surface area contributed by atoms with E-state index in [-0.39, 0.29) is 18.3 Å². The molecular formula is C22H29ClN2O2. The Kier molecular flexibility index (Phi) is 8.62. The number of rotatable bonds is 7. The van der Waals surface area contributed by atoms with Gasteiger partial charge in [0.1, 0.15) is 12.4 Å². The van der Waals surface area contributed by atoms with Crippen LogP contribution in [0, 0.1) is 0 Å². The number of benzene rings is 2. The van der Waals surface area contributed by atoms with Gasteiger partial charge in [0.25, 0.3) is 5.91 Å². The standard InChI is InChI=1S/C22H28N2O2.ClH/c1-2-15-24(20-11-13-23-14-12-20)22(25)19-9-6-10-21(16-19)26-17-18-7-4-3-5-8-18;/h3-10,16,20,23H,2,11-15,17H2,1H3;1H. The first-order valence-electron chi connectivity index (χ1n) is 9.56. The van der Waals surface area contributed by atoms with Crippen LogP contribution in [0.5, 0.6) is 5.75 Å². The highest BCUT2D eigenvalue weighted by Gasteiger charge is 2.25. The number of carbonyl (C=O) groups excluding carboxylic acids is 1. The molecule has 1 heterocycles. The number of hydrogen-bond donors (Lipinski definition) is 1. The molecule has 1 N–H and O–H groups in total. The molecule has 0 bridgehead atoms. The van der Waals surface area contributed by atoms with E-state index in [1.807, 2.05) is 54.6 Å². The quantitative estimate of drug-likeness (QED) is 0.769. The maximum Gasteiger partial charge on any atom is 0.254 e. The Morgan fingerprint density at radius 1 is 1.11 bits per heavy atom. The van der Waals surface area contributed by atoms with Crippen molar-refractivity contribution in [2.24, 2.45) is 0 Å². The molecule has 0 spiro atoms. The van der Waals surface area contributed by atoms with E-state index < -0.39 is 0 Å². The molecule has 1 aliphatic heterocycles. The topological polar surface area (TPSA) is 41.6 Å². The van der Waals surface area contributed by atoms with E-state index in [0.29, 0.717) is 18.2 Å². The zero-order chi connectivity index (χ0) is 18.2. The summed E-state index contributed by atoms with van der Waals surface area (Å²) >= 11 is 0. The molecule has 2 aromatic rings. The number of carbonyl (C=O) groups is 1. The minimum absolute atomic E-state index is 0. The Morgan fingerprint density at radius 3 is 2.56 bits per heavy atom. The number of piperidine rings is 1. The average molecular weight is 389 g/mol. The van der Waals surface area contributed by atoms with E-state index in [4.69, 9.17) is 4.74 Å². The van der Waals surface area contributed by atoms with Gasteiger partial charge in [0.15, 0.2) is 0 Å². The lowest BCUT2D eigenvalue weighted by Gasteiger charge is -2.34. The van der Waals surface area contributed by atoms with Gasteiger partial charge in [0.05, 0.1) is 0 Å². The van der Waals surface area contributed by atoms with Crippen LogP contribution in [0.1, 0.15) is 42.1 Å². The van der Waals surface area contributed by atoms with Crippen LogP contribution in [0.3, 0.4) is 0 Å². The molecule has 2 aromatic carbocycles. The van der Waals surface area contributed by atoms with Gasteiger partial charge in [-0.2, -0.15) is 0 Å². The molecule has 0 unspecified atom stereocenters. The third kappa shape index (κ3) is 5.98. The summed E-state index contributed by atoms with van der Waals surface area (Å²) in [6.45, 7) is 5.40. The molecule has 0 aliphatic carbocycles. The van der Waals surface area contributed by atoms with E-state index >= 15 is 0 Å². The van der Waals surface area contributed by atoms with Crippen molar-refractivity contribution in [2.45, 2.75) is 38.8 Å². The van der Waals surface area contributed by atoms with Crippen LogP contribution in [-0.2, 0) is 6.61 Å². The summed E-state index contributed by atoms with van der Waals surface area (Å²) in [4.78, 5) is 15.2. The van der Waals surface area contributed by atoms with Crippen molar-refractivity contribution >= 4 is 18.3 Å². The third-order valence-corrected chi connectivity index (χ3v) is 4.80. The number of ether oxygens (including phenoxy) is 1. The van der Waals surface area contributed by atoms with Gasteiger partial charge < -0.3 is 15.0 Å². The predicted octanol–water partition coefficient (Wildman–Crippen LogP) is 4.29. The number of hydrogen-bond acceptors (Lipinski definition) is 3. The molecule has 1 saturated heterocycles. The van der Waals surface area contributed by atoms with Gasteiger partial charge in [0.2, 0.25) is 0 Å². The second-order valence-corrected chi connectivity index (χ2v) is 6.78. The molecule has 0 aromatic heterocycles. The van der Waals surface area contributed by atoms with Crippen LogP contribution in [-0.4, -0.2) is 36.5 Å². The molecular weight excluding hydrogens is 360 g/mol. The normalized spacial score (nSPS) is 14.3. The Balaban J connectivity index is 0.00000261. The average Bonchev–Trinajstić information content (AvgIpc) is 2.71. The summed E-state index contributed by atoms with van der Waals surface area (Å²) in [5, 5.41) is 3.37. The minimum Gasteiger partial charge on any atom is -0.489 e. The highest BCUT2D eigenvalue weighted by Crippen LogP contribution is 2.20. The van der Waals surface area contributed by atoms with Crippen molar-refractivity contribution in [2.75, 3.05) is 19.6 Å². The fourth-order valence-corrected chi connectivity index (χ4v) is 3.43. The highest BCUT2D eigenvalue weighted by atomic mass is 35.5. The predicted molar refractivity (Wildman–Crippen MR) is 112 cm³/mol. The summed E-state index contributed by atoms with van der Waals surface area (Å²) in [5.74, 6) is 0.852. The summed E-state index contributed by atoms with van der Waals surface area (Å²) < 4.78 is 5.89. The molecule has 1 aliphatic rings. The number of halogens is 1. The summed E-state index contributed by atoms with van der Waals surface area (Å²) in [6.07, 6.45) is 3.02. The van der Waals surface area contributed by atoms with Gasteiger partial charge in [-0.3, -0.25) is 4.79 Å². The Bertz CT molecular complexity index is 702. The van der Waals surface area contributed by atoms with Crippen molar-refractivity contribution < 1.29 is 9.53 Å². The monoisotopic (exact) mass is 388 g/mol. The fourth-order valence-electron chi connectivity index (χ4n) is 3.43. The highest BCUT2D eigenvalue weighted by molar-refractivity contribution is 5.94. The van der Waals surface area contributed by atoms with Gasteiger partial charge in [-0.1, -0.05) is 43.3 Å². The van der Waals surface area contributed by atoms with Gasteiger partial charge in [-0.15, -0.1) is 12.4 Å². The first kappa shape index (κ1) is 21.3. The smallest absolute Gasteiger partial charge is 0.254 e. The van der Waals surface area contributed by atoms with Crippen LogP contribution in [0.2, 0.25) is 0 Å². The third-order valence-electron chi connectivity index (χ3n) is 4.80. The molecule has 0 atom stereocenters. The zero-order valence-corrected chi connectivity index (χ0v) is 16.7. The molecule has 0 radical (unpaired) electrons. The van der Waals surface area contributed by atoms with Crippen molar-refractivity contribution in [1.29, 1.82) is 0 Å². The van der Waals surface area contributed by atoms with Crippen LogP contribution in [0.25, 0.3) is 0 Å². The van der Waals surface area contributed by atoms with Crippen LogP contribution >= 0.6 is 12.4 Å². The van der Waals surface area contributed by atoms with E-state index in [1.54, 1.807) is 0 Å². The molecule has 3 rings (SSSR count). The molecule has 5 heteroatoms. The van der Waals surface area contributed by atoms with E-state index in [0.717, 1.165) is 50.2 Å². The van der Waals surface area contributed by atoms with E-state index in [2.05, 4.69) is 17.1 Å². The summed E-state index contributed by atoms with van der Waals surface area (Å²) in [5.41, 5.74) is 1.83. The SMILES string of the molecule is CCCN(C(=O)c1cccc(OCc2ccccc2)c1)C1CCNCC1.Cl. The van der Waals surface area contributed by atoms with Crippen LogP contribution in [0.4, 0.5) is 0 Å². The van der Waals surface area contributed by atoms with Crippen LogP contribution < -0.4 is 10.1 Å². The van der Waals surface area contributed by atoms with Crippen LogP contribution in [0.15, 0.2) is 54.6 Å². The summed E-state index contributed by atoms with van der Waals surface area (Å²) in [6, 6.07) is 18.0. The van der Waals surface area contributed by atoms with Gasteiger partial charge in [-0.05, 0) is 56.1 Å². The fraction of sp³-hybridized carbons (Fsp3) is 0.409. The lowest BCUT2D eigenvalue weighted by atomic mass is 10.0. The maximum absolute atomic E-state index is 13.1. The summed E-state index contributed by atoms with van der Waals surface area (Å²) in [7, 11) is 0. The molecule has 1 amide bonds. The zero-order valence-electron chi connectivity index (χ0n) is 15.9. The van der Waals surface area contributed by atoms with E-state index in [9.17, 15) is 4.79 Å². The lowest BCUT2D eigenvalue weighted by Crippen LogP contribution is -2.46. The largest absolute Gasteiger partial charge is 0.489 e. The lowest BCUT2D eigenvalue weighted by molar-refractivity contribution is 0.0642. The second-order valence-electron chi connectivity index (χ2n) is 6.78. The number of nitrogens with one attached hydrogen (secondary N) is 1. The van der Waals surface area contributed by atoms with Gasteiger partial charge in [0, 0.05) is 18.2 Å². The minimum atomic E-state index is 0. The van der Waals surface area contributed by atoms with Crippen molar-refractivity contribution in [3.8, 4) is 5.75 Å². The number of amides is 1. The Labute approximate surface area is 168 Å². The first-order chi connectivity index (χ1) is 12.8.